The predicted octanol–water partition coefficient (Wildman–Crippen LogP) is 2.43. The first-order valence-corrected chi connectivity index (χ1v) is 12.6. The van der Waals surface area contributed by atoms with Crippen molar-refractivity contribution in [2.24, 2.45) is 5.41 Å². The van der Waals surface area contributed by atoms with Crippen LogP contribution in [0.3, 0.4) is 0 Å². The lowest BCUT2D eigenvalue weighted by Gasteiger charge is -2.42. The average molecular weight is 495 g/mol. The third kappa shape index (κ3) is 4.75. The average Bonchev–Trinajstić information content (AvgIpc) is 2.87. The van der Waals surface area contributed by atoms with Crippen molar-refractivity contribution in [3.8, 4) is 11.4 Å². The minimum Gasteiger partial charge on any atom is -0.379 e. The maximum atomic E-state index is 13.2. The van der Waals surface area contributed by atoms with Crippen LogP contribution in [0, 0.1) is 5.41 Å². The number of ether oxygens (including phenoxy) is 2. The molecule has 0 unspecified atom stereocenters. The van der Waals surface area contributed by atoms with Crippen LogP contribution in [-0.2, 0) is 27.2 Å². The molecule has 3 aliphatic rings. The highest BCUT2D eigenvalue weighted by Gasteiger charge is 2.44. The molecule has 10 nitrogen and oxygen atoms in total. The summed E-state index contributed by atoms with van der Waals surface area (Å²) in [4.78, 5) is 39.3. The SMILES string of the molecule is CCNC(=O)Nc1ccc(-c2nc3c(c(N4CCOC[C@@H]4C)n2)CN(C(=O)C2(C)COC2)CC3)cc1. The van der Waals surface area contributed by atoms with E-state index in [1.807, 2.05) is 43.0 Å². The molecule has 1 atom stereocenters. The van der Waals surface area contributed by atoms with Crippen LogP contribution in [0.25, 0.3) is 11.4 Å². The topological polar surface area (TPSA) is 109 Å². The standard InChI is InChI=1S/C26H34N6O4/c1-4-27-25(34)28-19-7-5-18(6-8-19)22-29-21-9-10-31(24(33)26(3)15-36-16-26)13-20(21)23(30-22)32-11-12-35-14-17(32)2/h5-8,17H,4,9-16H2,1-3H3,(H2,27,28,34)/t17-/m0/s1. The number of benzene rings is 1. The van der Waals surface area contributed by atoms with Crippen molar-refractivity contribution in [3.63, 3.8) is 0 Å². The van der Waals surface area contributed by atoms with Crippen molar-refractivity contribution in [2.75, 3.05) is 56.3 Å². The van der Waals surface area contributed by atoms with Crippen LogP contribution in [0.2, 0.25) is 0 Å². The van der Waals surface area contributed by atoms with Gasteiger partial charge in [-0.3, -0.25) is 4.79 Å². The van der Waals surface area contributed by atoms with Gasteiger partial charge in [-0.05, 0) is 45.0 Å². The number of anilines is 2. The summed E-state index contributed by atoms with van der Waals surface area (Å²) in [5, 5.41) is 5.54. The molecule has 0 spiro atoms. The number of rotatable bonds is 5. The van der Waals surface area contributed by atoms with Crippen LogP contribution in [0.15, 0.2) is 24.3 Å². The van der Waals surface area contributed by atoms with E-state index in [1.54, 1.807) is 0 Å². The molecule has 0 bridgehead atoms. The fourth-order valence-corrected chi connectivity index (χ4v) is 4.93. The fourth-order valence-electron chi connectivity index (χ4n) is 4.93. The second-order valence-electron chi connectivity index (χ2n) is 10.0. The largest absolute Gasteiger partial charge is 0.379 e. The number of hydrogen-bond acceptors (Lipinski definition) is 7. The molecule has 2 N–H and O–H groups in total. The van der Waals surface area contributed by atoms with E-state index in [4.69, 9.17) is 19.4 Å². The molecule has 3 aliphatic heterocycles. The second-order valence-corrected chi connectivity index (χ2v) is 10.0. The first-order chi connectivity index (χ1) is 17.4. The van der Waals surface area contributed by atoms with Crippen LogP contribution in [0.5, 0.6) is 0 Å². The zero-order valence-electron chi connectivity index (χ0n) is 21.2. The number of carbonyl (C=O) groups is 2. The molecular formula is C26H34N6O4. The Balaban J connectivity index is 1.46. The van der Waals surface area contributed by atoms with Gasteiger partial charge in [0.1, 0.15) is 5.82 Å². The minimum absolute atomic E-state index is 0.139. The maximum Gasteiger partial charge on any atom is 0.319 e. The van der Waals surface area contributed by atoms with Crippen molar-refractivity contribution in [1.82, 2.24) is 20.2 Å². The zero-order chi connectivity index (χ0) is 25.3. The highest BCUT2D eigenvalue weighted by atomic mass is 16.5. The van der Waals surface area contributed by atoms with Crippen molar-refractivity contribution < 1.29 is 19.1 Å². The second kappa shape index (κ2) is 10.0. The van der Waals surface area contributed by atoms with Gasteiger partial charge >= 0.3 is 6.03 Å². The molecule has 1 aromatic carbocycles. The van der Waals surface area contributed by atoms with E-state index in [0.717, 1.165) is 29.2 Å². The zero-order valence-corrected chi connectivity index (χ0v) is 21.2. The Labute approximate surface area is 211 Å². The summed E-state index contributed by atoms with van der Waals surface area (Å²) in [5.74, 6) is 1.66. The summed E-state index contributed by atoms with van der Waals surface area (Å²) in [6.07, 6.45) is 0.677. The van der Waals surface area contributed by atoms with Crippen molar-refractivity contribution in [2.45, 2.75) is 39.8 Å². The predicted molar refractivity (Wildman–Crippen MR) is 136 cm³/mol. The van der Waals surface area contributed by atoms with Crippen molar-refractivity contribution >= 4 is 23.4 Å². The summed E-state index contributed by atoms with van der Waals surface area (Å²) in [7, 11) is 0. The molecule has 2 fully saturated rings. The summed E-state index contributed by atoms with van der Waals surface area (Å²) >= 11 is 0. The third-order valence-corrected chi connectivity index (χ3v) is 7.06. The van der Waals surface area contributed by atoms with Crippen LogP contribution in [0.1, 0.15) is 32.0 Å². The molecule has 0 radical (unpaired) electrons. The summed E-state index contributed by atoms with van der Waals surface area (Å²) in [6, 6.07) is 7.48. The molecule has 2 saturated heterocycles. The number of aromatic nitrogens is 2. The number of amides is 3. The highest BCUT2D eigenvalue weighted by molar-refractivity contribution is 5.89. The normalized spacial score (nSPS) is 20.8. The molecular weight excluding hydrogens is 460 g/mol. The molecule has 1 aromatic heterocycles. The van der Waals surface area contributed by atoms with Gasteiger partial charge in [0.2, 0.25) is 5.91 Å². The Hall–Kier alpha value is -3.24. The van der Waals surface area contributed by atoms with Crippen molar-refractivity contribution in [1.29, 1.82) is 0 Å². The molecule has 0 saturated carbocycles. The van der Waals surface area contributed by atoms with E-state index in [-0.39, 0.29) is 18.0 Å². The van der Waals surface area contributed by atoms with Gasteiger partial charge in [0.15, 0.2) is 5.82 Å². The number of morpholine rings is 1. The number of urea groups is 1. The molecule has 0 aliphatic carbocycles. The molecule has 4 heterocycles. The Morgan fingerprint density at radius 1 is 1.14 bits per heavy atom. The van der Waals surface area contributed by atoms with Crippen LogP contribution >= 0.6 is 0 Å². The molecule has 5 rings (SSSR count). The summed E-state index contributed by atoms with van der Waals surface area (Å²) in [6.45, 7) is 10.6. The van der Waals surface area contributed by atoms with Gasteiger partial charge in [0.05, 0.1) is 50.1 Å². The first-order valence-electron chi connectivity index (χ1n) is 12.6. The lowest BCUT2D eigenvalue weighted by molar-refractivity contribution is -0.169. The van der Waals surface area contributed by atoms with Gasteiger partial charge < -0.3 is 29.9 Å². The van der Waals surface area contributed by atoms with E-state index in [9.17, 15) is 9.59 Å². The Kier molecular flexibility index (Phi) is 6.81. The number of nitrogens with one attached hydrogen (secondary N) is 2. The van der Waals surface area contributed by atoms with E-state index in [1.165, 1.54) is 0 Å². The van der Waals surface area contributed by atoms with Crippen LogP contribution in [0.4, 0.5) is 16.3 Å². The summed E-state index contributed by atoms with van der Waals surface area (Å²) in [5.41, 5.74) is 3.14. The lowest BCUT2D eigenvalue weighted by Crippen LogP contribution is -2.54. The van der Waals surface area contributed by atoms with E-state index in [2.05, 4.69) is 22.5 Å². The number of nitrogens with zero attached hydrogens (tertiary/aromatic N) is 4. The van der Waals surface area contributed by atoms with Crippen LogP contribution in [-0.4, -0.2) is 78.9 Å². The van der Waals surface area contributed by atoms with Gasteiger partial charge in [-0.25, -0.2) is 14.8 Å². The smallest absolute Gasteiger partial charge is 0.319 e. The van der Waals surface area contributed by atoms with Crippen molar-refractivity contribution in [3.05, 3.63) is 35.5 Å². The minimum atomic E-state index is -0.436. The van der Waals surface area contributed by atoms with E-state index in [0.29, 0.717) is 64.0 Å². The lowest BCUT2D eigenvalue weighted by atomic mass is 9.86. The first kappa shape index (κ1) is 24.5. The van der Waals surface area contributed by atoms with Gasteiger partial charge in [-0.2, -0.15) is 0 Å². The van der Waals surface area contributed by atoms with Gasteiger partial charge in [-0.15, -0.1) is 0 Å². The van der Waals surface area contributed by atoms with Gasteiger partial charge in [0, 0.05) is 42.9 Å². The molecule has 192 valence electrons. The van der Waals surface area contributed by atoms with Gasteiger partial charge in [-0.1, -0.05) is 0 Å². The molecule has 2 aromatic rings. The Morgan fingerprint density at radius 3 is 2.58 bits per heavy atom. The molecule has 3 amide bonds. The highest BCUT2D eigenvalue weighted by Crippen LogP contribution is 2.35. The maximum absolute atomic E-state index is 13.2. The van der Waals surface area contributed by atoms with E-state index < -0.39 is 5.41 Å². The van der Waals surface area contributed by atoms with E-state index >= 15 is 0 Å². The quantitative estimate of drug-likeness (QED) is 0.657. The summed E-state index contributed by atoms with van der Waals surface area (Å²) < 4.78 is 11.0. The van der Waals surface area contributed by atoms with Crippen LogP contribution < -0.4 is 15.5 Å². The van der Waals surface area contributed by atoms with Gasteiger partial charge in [0.25, 0.3) is 0 Å². The number of carbonyl (C=O) groups excluding carboxylic acids is 2. The Bertz CT molecular complexity index is 1130. The fraction of sp³-hybridized carbons (Fsp3) is 0.538. The monoisotopic (exact) mass is 494 g/mol. The number of fused-ring (bicyclic) bond motifs is 1. The third-order valence-electron chi connectivity index (χ3n) is 7.06. The Morgan fingerprint density at radius 2 is 1.92 bits per heavy atom. The molecule has 10 heteroatoms. The molecule has 36 heavy (non-hydrogen) atoms. The number of hydrogen-bond donors (Lipinski definition) is 2.